The lowest BCUT2D eigenvalue weighted by molar-refractivity contribution is 0.168. The van der Waals surface area contributed by atoms with Gasteiger partial charge in [-0.05, 0) is 50.4 Å². The Hall–Kier alpha value is -1.56. The molecule has 148 valence electrons. The maximum Gasteiger partial charge on any atom is 0.345 e. The third kappa shape index (κ3) is 3.06. The Morgan fingerprint density at radius 3 is 2.63 bits per heavy atom. The summed E-state index contributed by atoms with van der Waals surface area (Å²) in [7, 11) is 0. The summed E-state index contributed by atoms with van der Waals surface area (Å²) < 4.78 is 1.80. The fourth-order valence-corrected chi connectivity index (χ4v) is 5.69. The van der Waals surface area contributed by atoms with E-state index in [0.29, 0.717) is 11.5 Å². The van der Waals surface area contributed by atoms with Crippen molar-refractivity contribution >= 4 is 11.8 Å². The average Bonchev–Trinajstić information content (AvgIpc) is 3.12. The highest BCUT2D eigenvalue weighted by Crippen LogP contribution is 2.37. The Bertz CT molecular complexity index is 731. The molecule has 4 fully saturated rings. The van der Waals surface area contributed by atoms with Gasteiger partial charge >= 0.3 is 6.03 Å². The molecule has 1 aliphatic carbocycles. The zero-order chi connectivity index (χ0) is 18.6. The van der Waals surface area contributed by atoms with Gasteiger partial charge in [-0.2, -0.15) is 4.68 Å². The molecule has 0 spiro atoms. The lowest BCUT2D eigenvalue weighted by Gasteiger charge is -2.38. The van der Waals surface area contributed by atoms with E-state index in [4.69, 9.17) is 5.10 Å². The van der Waals surface area contributed by atoms with E-state index < -0.39 is 0 Å². The van der Waals surface area contributed by atoms with Gasteiger partial charge in [0, 0.05) is 50.9 Å². The summed E-state index contributed by atoms with van der Waals surface area (Å²) in [6, 6.07) is 0.527. The van der Waals surface area contributed by atoms with Gasteiger partial charge in [0.1, 0.15) is 0 Å². The smallest absolute Gasteiger partial charge is 0.345 e. The van der Waals surface area contributed by atoms with Gasteiger partial charge in [0.05, 0.1) is 5.69 Å². The minimum Gasteiger partial charge on any atom is -0.354 e. The van der Waals surface area contributed by atoms with Crippen molar-refractivity contribution in [2.75, 3.05) is 44.2 Å². The number of aromatic nitrogens is 2. The number of piperidine rings is 2. The number of rotatable bonds is 1. The first-order valence-electron chi connectivity index (χ1n) is 10.9. The molecule has 6 heteroatoms. The van der Waals surface area contributed by atoms with Crippen molar-refractivity contribution in [2.45, 2.75) is 64.8 Å². The molecule has 6 nitrogen and oxygen atoms in total. The quantitative estimate of drug-likeness (QED) is 0.761. The topological polar surface area (TPSA) is 44.6 Å². The minimum absolute atomic E-state index is 0.129. The Kier molecular flexibility index (Phi) is 4.22. The minimum atomic E-state index is 0.129. The lowest BCUT2D eigenvalue weighted by atomic mass is 9.84. The largest absolute Gasteiger partial charge is 0.354 e. The number of hydrogen-bond donors (Lipinski definition) is 0. The second-order valence-corrected chi connectivity index (χ2v) is 9.75. The van der Waals surface area contributed by atoms with E-state index in [9.17, 15) is 4.79 Å². The molecule has 27 heavy (non-hydrogen) atoms. The van der Waals surface area contributed by atoms with Crippen LogP contribution in [0.5, 0.6) is 0 Å². The summed E-state index contributed by atoms with van der Waals surface area (Å²) in [4.78, 5) is 20.6. The highest BCUT2D eigenvalue weighted by atomic mass is 16.2. The van der Waals surface area contributed by atoms with Crippen molar-refractivity contribution in [3.63, 3.8) is 0 Å². The van der Waals surface area contributed by atoms with Crippen LogP contribution in [0.25, 0.3) is 0 Å². The van der Waals surface area contributed by atoms with Crippen LogP contribution in [-0.4, -0.2) is 70.9 Å². The maximum absolute atomic E-state index is 13.5. The molecule has 0 saturated carbocycles. The number of anilines is 1. The predicted molar refractivity (Wildman–Crippen MR) is 106 cm³/mol. The van der Waals surface area contributed by atoms with Crippen LogP contribution < -0.4 is 4.90 Å². The molecule has 6 rings (SSSR count). The number of nitrogens with zero attached hydrogens (tertiary/aromatic N) is 5. The van der Waals surface area contributed by atoms with Crippen molar-refractivity contribution in [3.8, 4) is 0 Å². The van der Waals surface area contributed by atoms with E-state index in [-0.39, 0.29) is 6.03 Å². The van der Waals surface area contributed by atoms with E-state index in [1.807, 2.05) is 0 Å². The zero-order valence-electron chi connectivity index (χ0n) is 16.9. The van der Waals surface area contributed by atoms with E-state index >= 15 is 0 Å². The second kappa shape index (κ2) is 6.50. The molecule has 4 aliphatic heterocycles. The summed E-state index contributed by atoms with van der Waals surface area (Å²) in [5.41, 5.74) is 2.87. The average molecular weight is 372 g/mol. The van der Waals surface area contributed by atoms with Crippen LogP contribution in [0.1, 0.15) is 57.2 Å². The van der Waals surface area contributed by atoms with Gasteiger partial charge in [0.25, 0.3) is 0 Å². The van der Waals surface area contributed by atoms with Crippen LogP contribution in [0, 0.1) is 5.41 Å². The van der Waals surface area contributed by atoms with Gasteiger partial charge in [-0.1, -0.05) is 13.8 Å². The van der Waals surface area contributed by atoms with Crippen LogP contribution in [0.2, 0.25) is 0 Å². The van der Waals surface area contributed by atoms with E-state index in [1.165, 1.54) is 24.1 Å². The molecular formula is C21H33N5O. The normalized spacial score (nSPS) is 29.7. The van der Waals surface area contributed by atoms with Crippen LogP contribution in [-0.2, 0) is 12.8 Å². The molecule has 0 atom stereocenters. The Balaban J connectivity index is 1.46. The first-order chi connectivity index (χ1) is 13.0. The van der Waals surface area contributed by atoms with E-state index in [0.717, 1.165) is 77.2 Å². The van der Waals surface area contributed by atoms with Gasteiger partial charge in [-0.15, -0.1) is 5.10 Å². The van der Waals surface area contributed by atoms with Crippen molar-refractivity contribution in [1.82, 2.24) is 19.6 Å². The van der Waals surface area contributed by atoms with Crippen LogP contribution in [0.15, 0.2) is 0 Å². The van der Waals surface area contributed by atoms with Crippen molar-refractivity contribution in [2.24, 2.45) is 5.41 Å². The van der Waals surface area contributed by atoms with Crippen LogP contribution >= 0.6 is 0 Å². The van der Waals surface area contributed by atoms with Gasteiger partial charge in [0.2, 0.25) is 0 Å². The van der Waals surface area contributed by atoms with Gasteiger partial charge in [0.15, 0.2) is 5.82 Å². The molecule has 0 aromatic carbocycles. The predicted octanol–water partition coefficient (Wildman–Crippen LogP) is 2.75. The number of fused-ring (bicyclic) bond motifs is 5. The number of carbonyl (C=O) groups is 1. The van der Waals surface area contributed by atoms with Crippen LogP contribution in [0.4, 0.5) is 10.6 Å². The highest BCUT2D eigenvalue weighted by Gasteiger charge is 2.37. The Morgan fingerprint density at radius 2 is 1.85 bits per heavy atom. The summed E-state index contributed by atoms with van der Waals surface area (Å²) in [5, 5.41) is 4.95. The molecule has 1 aromatic rings. The molecular weight excluding hydrogens is 338 g/mol. The first kappa shape index (κ1) is 17.5. The summed E-state index contributed by atoms with van der Waals surface area (Å²) >= 11 is 0. The lowest BCUT2D eigenvalue weighted by Crippen LogP contribution is -2.44. The summed E-state index contributed by atoms with van der Waals surface area (Å²) in [6.45, 7) is 11.0. The van der Waals surface area contributed by atoms with Gasteiger partial charge in [-0.25, -0.2) is 4.79 Å². The standard InChI is InChI=1S/C21H33N5O/c1-21(2)9-4-10-24(15-21)19-17-5-3-6-18(17)26(22-19)20(27)25-14-13-23-11-7-16(25)8-12-23/h16H,3-15H2,1-2H3. The van der Waals surface area contributed by atoms with E-state index in [1.54, 1.807) is 4.68 Å². The third-order valence-corrected chi connectivity index (χ3v) is 7.19. The summed E-state index contributed by atoms with van der Waals surface area (Å²) in [6.07, 6.45) is 7.94. The van der Waals surface area contributed by atoms with Crippen molar-refractivity contribution in [3.05, 3.63) is 11.3 Å². The molecule has 2 bridgehead atoms. The molecule has 5 heterocycles. The van der Waals surface area contributed by atoms with E-state index in [2.05, 4.69) is 28.5 Å². The second-order valence-electron chi connectivity index (χ2n) is 9.75. The Morgan fingerprint density at radius 1 is 1.04 bits per heavy atom. The summed E-state index contributed by atoms with van der Waals surface area (Å²) in [5.74, 6) is 1.10. The maximum atomic E-state index is 13.5. The third-order valence-electron chi connectivity index (χ3n) is 7.19. The van der Waals surface area contributed by atoms with Gasteiger partial charge < -0.3 is 14.7 Å². The van der Waals surface area contributed by atoms with Crippen LogP contribution in [0.3, 0.4) is 0 Å². The monoisotopic (exact) mass is 371 g/mol. The molecule has 0 radical (unpaired) electrons. The SMILES string of the molecule is CC1(C)CCCN(c2nn(C(=O)N3CCN4CCC3CC4)c3c2CCC3)C1. The molecule has 4 saturated heterocycles. The van der Waals surface area contributed by atoms with Crippen molar-refractivity contribution < 1.29 is 4.79 Å². The Labute approximate surface area is 162 Å². The molecule has 5 aliphatic rings. The van der Waals surface area contributed by atoms with Gasteiger partial charge in [-0.3, -0.25) is 0 Å². The molecule has 1 amide bonds. The fourth-order valence-electron chi connectivity index (χ4n) is 5.69. The molecule has 1 aromatic heterocycles. The van der Waals surface area contributed by atoms with Crippen molar-refractivity contribution in [1.29, 1.82) is 0 Å². The highest BCUT2D eigenvalue weighted by molar-refractivity contribution is 5.79. The number of amides is 1. The fraction of sp³-hybridized carbons (Fsp3) is 0.810. The zero-order valence-corrected chi connectivity index (χ0v) is 16.9. The first-order valence-corrected chi connectivity index (χ1v) is 10.9. The number of hydrogen-bond acceptors (Lipinski definition) is 4. The molecule has 0 unspecified atom stereocenters. The molecule has 0 N–H and O–H groups in total. The number of carbonyl (C=O) groups excluding carboxylic acids is 1.